The highest BCUT2D eigenvalue weighted by Gasteiger charge is 2.16. The van der Waals surface area contributed by atoms with E-state index in [1.807, 2.05) is 0 Å². The van der Waals surface area contributed by atoms with Crippen molar-refractivity contribution in [2.45, 2.75) is 0 Å². The number of aromatic hydroxyl groups is 1. The maximum atomic E-state index is 12.5. The predicted octanol–water partition coefficient (Wildman–Crippen LogP) is 2.35. The van der Waals surface area contributed by atoms with E-state index in [1.165, 1.54) is 24.3 Å². The van der Waals surface area contributed by atoms with Crippen LogP contribution in [0.5, 0.6) is 11.5 Å². The maximum absolute atomic E-state index is 12.5. The van der Waals surface area contributed by atoms with Crippen LogP contribution in [0, 0.1) is 0 Å². The number of amides is 2. The van der Waals surface area contributed by atoms with Crippen LogP contribution in [-0.2, 0) is 4.79 Å². The molecule has 0 fully saturated rings. The molecule has 2 amide bonds. The molecule has 0 saturated heterocycles. The molecule has 0 atom stereocenters. The Labute approximate surface area is 168 Å². The van der Waals surface area contributed by atoms with Crippen LogP contribution in [0.4, 0.5) is 0 Å². The highest BCUT2D eigenvalue weighted by Crippen LogP contribution is 2.18. The Bertz CT molecular complexity index is 932. The summed E-state index contributed by atoms with van der Waals surface area (Å²) < 4.78 is 5.42. The number of ether oxygens (including phenoxy) is 1. The lowest BCUT2D eigenvalue weighted by molar-refractivity contribution is -0.117. The number of benzene rings is 2. The molecule has 0 aliphatic carbocycles. The van der Waals surface area contributed by atoms with Gasteiger partial charge in [0.2, 0.25) is 0 Å². The van der Waals surface area contributed by atoms with Crippen molar-refractivity contribution in [2.75, 3.05) is 13.2 Å². The van der Waals surface area contributed by atoms with Crippen molar-refractivity contribution in [1.29, 1.82) is 0 Å². The van der Waals surface area contributed by atoms with Crippen LogP contribution < -0.4 is 15.4 Å². The van der Waals surface area contributed by atoms with E-state index in [1.54, 1.807) is 36.4 Å². The molecule has 0 aliphatic rings. The van der Waals surface area contributed by atoms with Crippen molar-refractivity contribution >= 4 is 17.9 Å². The summed E-state index contributed by atoms with van der Waals surface area (Å²) in [5.74, 6) is -0.494. The number of phenols is 1. The van der Waals surface area contributed by atoms with Crippen LogP contribution in [0.3, 0.4) is 0 Å². The minimum absolute atomic E-state index is 0.0269. The van der Waals surface area contributed by atoms with Gasteiger partial charge in [0, 0.05) is 6.54 Å². The summed E-state index contributed by atoms with van der Waals surface area (Å²) in [6, 6.07) is 12.7. The van der Waals surface area contributed by atoms with E-state index in [0.29, 0.717) is 17.1 Å². The molecule has 2 rings (SSSR count). The molecule has 0 spiro atoms. The van der Waals surface area contributed by atoms with Crippen LogP contribution in [0.15, 0.2) is 79.2 Å². The number of carbonyl (C=O) groups is 2. The Morgan fingerprint density at radius 1 is 1.10 bits per heavy atom. The number of allylic oxidation sites excluding steroid dienone is 1. The summed E-state index contributed by atoms with van der Waals surface area (Å²) in [6.07, 6.45) is 2.95. The van der Waals surface area contributed by atoms with Crippen LogP contribution in [0.1, 0.15) is 15.9 Å². The summed E-state index contributed by atoms with van der Waals surface area (Å²) in [5.41, 5.74) is 0.601. The molecule has 7 heteroatoms. The van der Waals surface area contributed by atoms with Crippen molar-refractivity contribution in [2.24, 2.45) is 0 Å². The van der Waals surface area contributed by atoms with Crippen LogP contribution in [-0.4, -0.2) is 35.2 Å². The van der Waals surface area contributed by atoms with Crippen molar-refractivity contribution in [3.63, 3.8) is 0 Å². The van der Waals surface area contributed by atoms with E-state index >= 15 is 0 Å². The monoisotopic (exact) mass is 394 g/mol. The molecule has 0 aromatic heterocycles. The first-order chi connectivity index (χ1) is 13.9. The highest BCUT2D eigenvalue weighted by atomic mass is 16.5. The second-order valence-corrected chi connectivity index (χ2v) is 5.85. The number of hydrogen-bond donors (Lipinski definition) is 4. The van der Waals surface area contributed by atoms with Gasteiger partial charge in [0.05, 0.1) is 12.2 Å². The van der Waals surface area contributed by atoms with Crippen molar-refractivity contribution < 1.29 is 24.5 Å². The van der Waals surface area contributed by atoms with Crippen LogP contribution in [0.25, 0.3) is 6.08 Å². The molecule has 0 aliphatic heterocycles. The lowest BCUT2D eigenvalue weighted by Gasteiger charge is -2.11. The van der Waals surface area contributed by atoms with E-state index in [4.69, 9.17) is 9.84 Å². The van der Waals surface area contributed by atoms with E-state index in [9.17, 15) is 14.7 Å². The summed E-state index contributed by atoms with van der Waals surface area (Å²) in [4.78, 5) is 24.9. The lowest BCUT2D eigenvalue weighted by atomic mass is 10.1. The third-order valence-electron chi connectivity index (χ3n) is 3.71. The zero-order chi connectivity index (χ0) is 21.2. The predicted molar refractivity (Wildman–Crippen MR) is 110 cm³/mol. The van der Waals surface area contributed by atoms with E-state index in [-0.39, 0.29) is 30.2 Å². The Hall–Kier alpha value is -3.84. The van der Waals surface area contributed by atoms with Gasteiger partial charge in [-0.25, -0.2) is 0 Å². The Morgan fingerprint density at radius 2 is 1.79 bits per heavy atom. The second-order valence-electron chi connectivity index (χ2n) is 5.85. The zero-order valence-corrected chi connectivity index (χ0v) is 15.7. The van der Waals surface area contributed by atoms with E-state index in [0.717, 1.165) is 0 Å². The summed E-state index contributed by atoms with van der Waals surface area (Å²) in [7, 11) is 0. The fourth-order valence-corrected chi connectivity index (χ4v) is 2.27. The first-order valence-electron chi connectivity index (χ1n) is 8.74. The largest absolute Gasteiger partial charge is 0.507 e. The van der Waals surface area contributed by atoms with Crippen LogP contribution >= 0.6 is 0 Å². The molecule has 4 N–H and O–H groups in total. The Balaban J connectivity index is 2.26. The molecule has 0 radical (unpaired) electrons. The number of para-hydroxylation sites is 1. The summed E-state index contributed by atoms with van der Waals surface area (Å²) >= 11 is 0. The molecule has 2 aromatic rings. The SMILES string of the molecule is C=CC(=C)Oc1ccc(/C=C(\NC(=O)c2ccccc2O)C(=O)NCCO)cc1. The van der Waals surface area contributed by atoms with Gasteiger partial charge in [0.25, 0.3) is 11.8 Å². The van der Waals surface area contributed by atoms with Crippen molar-refractivity contribution in [3.8, 4) is 11.5 Å². The third-order valence-corrected chi connectivity index (χ3v) is 3.71. The smallest absolute Gasteiger partial charge is 0.267 e. The molecular formula is C22H22N2O5. The number of aliphatic hydroxyl groups excluding tert-OH is 1. The second kappa shape index (κ2) is 10.5. The van der Waals surface area contributed by atoms with Gasteiger partial charge in [-0.3, -0.25) is 9.59 Å². The summed E-state index contributed by atoms with van der Waals surface area (Å²) in [5, 5.41) is 23.8. The molecule has 0 saturated carbocycles. The topological polar surface area (TPSA) is 108 Å². The van der Waals surface area contributed by atoms with Gasteiger partial charge in [0.1, 0.15) is 23.0 Å². The number of carbonyl (C=O) groups excluding carboxylic acids is 2. The standard InChI is InChI=1S/C22H22N2O5/c1-3-15(2)29-17-10-8-16(9-11-17)14-19(22(28)23-12-13-25)24-21(27)18-6-4-5-7-20(18)26/h3-11,14,25-26H,1-2,12-13H2,(H,23,28)(H,24,27)/b19-14-. The maximum Gasteiger partial charge on any atom is 0.267 e. The van der Waals surface area contributed by atoms with Gasteiger partial charge in [-0.05, 0) is 42.0 Å². The number of hydrogen-bond acceptors (Lipinski definition) is 5. The lowest BCUT2D eigenvalue weighted by Crippen LogP contribution is -2.36. The fourth-order valence-electron chi connectivity index (χ4n) is 2.27. The molecule has 0 unspecified atom stereocenters. The molecule has 0 bridgehead atoms. The third kappa shape index (κ3) is 6.37. The average Bonchev–Trinajstić information content (AvgIpc) is 2.72. The fraction of sp³-hybridized carbons (Fsp3) is 0.0909. The molecule has 29 heavy (non-hydrogen) atoms. The van der Waals surface area contributed by atoms with Gasteiger partial charge < -0.3 is 25.6 Å². The molecular weight excluding hydrogens is 372 g/mol. The van der Waals surface area contributed by atoms with Crippen molar-refractivity contribution in [1.82, 2.24) is 10.6 Å². The normalized spacial score (nSPS) is 10.7. The van der Waals surface area contributed by atoms with Gasteiger partial charge >= 0.3 is 0 Å². The first-order valence-corrected chi connectivity index (χ1v) is 8.74. The quantitative estimate of drug-likeness (QED) is 0.297. The van der Waals surface area contributed by atoms with Gasteiger partial charge in [0.15, 0.2) is 0 Å². The van der Waals surface area contributed by atoms with Gasteiger partial charge in [-0.1, -0.05) is 37.4 Å². The molecule has 7 nitrogen and oxygen atoms in total. The van der Waals surface area contributed by atoms with Gasteiger partial charge in [-0.15, -0.1) is 0 Å². The number of nitrogens with one attached hydrogen (secondary N) is 2. The minimum Gasteiger partial charge on any atom is -0.507 e. The first kappa shape index (κ1) is 21.5. The molecule has 2 aromatic carbocycles. The number of aliphatic hydroxyl groups is 1. The number of phenolic OH excluding ortho intramolecular Hbond substituents is 1. The molecule has 150 valence electrons. The van der Waals surface area contributed by atoms with Crippen molar-refractivity contribution in [3.05, 3.63) is 90.3 Å². The highest BCUT2D eigenvalue weighted by molar-refractivity contribution is 6.06. The van der Waals surface area contributed by atoms with Crippen LogP contribution in [0.2, 0.25) is 0 Å². The molecule has 0 heterocycles. The van der Waals surface area contributed by atoms with E-state index in [2.05, 4.69) is 23.8 Å². The Kier molecular flexibility index (Phi) is 7.76. The number of rotatable bonds is 9. The average molecular weight is 394 g/mol. The summed E-state index contributed by atoms with van der Waals surface area (Å²) in [6.45, 7) is 7.01. The Morgan fingerprint density at radius 3 is 2.41 bits per heavy atom. The van der Waals surface area contributed by atoms with Gasteiger partial charge in [-0.2, -0.15) is 0 Å². The minimum atomic E-state index is -0.643. The van der Waals surface area contributed by atoms with E-state index < -0.39 is 11.8 Å². The zero-order valence-electron chi connectivity index (χ0n) is 15.7.